The van der Waals surface area contributed by atoms with Crippen molar-refractivity contribution in [2.75, 3.05) is 0 Å². The summed E-state index contributed by atoms with van der Waals surface area (Å²) in [5.41, 5.74) is -0.441. The number of hydrogen-bond donors (Lipinski definition) is 2. The Morgan fingerprint density at radius 2 is 1.89 bits per heavy atom. The SMILES string of the molecule is Cc1cc(C(O)CC(C)(C)CC(=O)O)c(F)cc1F. The van der Waals surface area contributed by atoms with Crippen molar-refractivity contribution < 1.29 is 23.8 Å². The quantitative estimate of drug-likeness (QED) is 0.865. The number of aliphatic hydroxyl groups excluding tert-OH is 1. The molecule has 0 spiro atoms. The lowest BCUT2D eigenvalue weighted by Gasteiger charge is -2.26. The van der Waals surface area contributed by atoms with Crippen molar-refractivity contribution >= 4 is 5.97 Å². The van der Waals surface area contributed by atoms with Crippen molar-refractivity contribution in [1.29, 1.82) is 0 Å². The maximum atomic E-state index is 13.6. The van der Waals surface area contributed by atoms with Crippen LogP contribution >= 0.6 is 0 Å². The van der Waals surface area contributed by atoms with E-state index in [2.05, 4.69) is 0 Å². The van der Waals surface area contributed by atoms with E-state index in [1.165, 1.54) is 13.0 Å². The Morgan fingerprint density at radius 3 is 2.42 bits per heavy atom. The molecule has 1 atom stereocenters. The third kappa shape index (κ3) is 4.28. The molecule has 1 aromatic rings. The van der Waals surface area contributed by atoms with Crippen LogP contribution < -0.4 is 0 Å². The maximum absolute atomic E-state index is 13.6. The first-order valence-corrected chi connectivity index (χ1v) is 5.98. The second-order valence-corrected chi connectivity index (χ2v) is 5.58. The average molecular weight is 272 g/mol. The van der Waals surface area contributed by atoms with Crippen LogP contribution in [0.4, 0.5) is 8.78 Å². The summed E-state index contributed by atoms with van der Waals surface area (Å²) in [6.45, 7) is 4.84. The number of aliphatic carboxylic acids is 1. The van der Waals surface area contributed by atoms with Crippen LogP contribution in [0.25, 0.3) is 0 Å². The van der Waals surface area contributed by atoms with Crippen molar-refractivity contribution in [3.05, 3.63) is 34.9 Å². The van der Waals surface area contributed by atoms with Crippen molar-refractivity contribution in [2.45, 2.75) is 39.7 Å². The highest BCUT2D eigenvalue weighted by Crippen LogP contribution is 2.34. The van der Waals surface area contributed by atoms with Crippen LogP contribution in [0.1, 0.15) is 43.9 Å². The van der Waals surface area contributed by atoms with Gasteiger partial charge < -0.3 is 10.2 Å². The molecule has 3 nitrogen and oxygen atoms in total. The molecular weight excluding hydrogens is 254 g/mol. The third-order valence-corrected chi connectivity index (χ3v) is 3.01. The molecule has 106 valence electrons. The van der Waals surface area contributed by atoms with Gasteiger partial charge in [-0.2, -0.15) is 0 Å². The van der Waals surface area contributed by atoms with Crippen LogP contribution in [0, 0.1) is 24.0 Å². The fourth-order valence-electron chi connectivity index (χ4n) is 2.05. The van der Waals surface area contributed by atoms with Crippen molar-refractivity contribution in [3.63, 3.8) is 0 Å². The summed E-state index contributed by atoms with van der Waals surface area (Å²) in [6, 6.07) is 1.99. The number of benzene rings is 1. The number of aryl methyl sites for hydroxylation is 1. The van der Waals surface area contributed by atoms with E-state index in [1.807, 2.05) is 0 Å². The zero-order valence-corrected chi connectivity index (χ0v) is 11.2. The van der Waals surface area contributed by atoms with Crippen molar-refractivity contribution in [2.24, 2.45) is 5.41 Å². The molecule has 1 unspecified atom stereocenters. The van der Waals surface area contributed by atoms with Gasteiger partial charge in [0.05, 0.1) is 12.5 Å². The number of carboxylic acid groups (broad SMARTS) is 1. The summed E-state index contributed by atoms with van der Waals surface area (Å²) in [4.78, 5) is 10.7. The Labute approximate surface area is 110 Å². The Morgan fingerprint density at radius 1 is 1.32 bits per heavy atom. The van der Waals surface area contributed by atoms with Gasteiger partial charge in [0.2, 0.25) is 0 Å². The van der Waals surface area contributed by atoms with E-state index in [0.717, 1.165) is 6.07 Å². The first-order valence-electron chi connectivity index (χ1n) is 5.98. The molecule has 0 bridgehead atoms. The summed E-state index contributed by atoms with van der Waals surface area (Å²) < 4.78 is 26.7. The van der Waals surface area contributed by atoms with Crippen LogP contribution in [-0.4, -0.2) is 16.2 Å². The molecule has 0 radical (unpaired) electrons. The van der Waals surface area contributed by atoms with Crippen LogP contribution in [-0.2, 0) is 4.79 Å². The van der Waals surface area contributed by atoms with E-state index in [4.69, 9.17) is 5.11 Å². The molecule has 5 heteroatoms. The minimum absolute atomic E-state index is 0.00244. The Kier molecular flexibility index (Phi) is 4.63. The van der Waals surface area contributed by atoms with Crippen LogP contribution in [0.2, 0.25) is 0 Å². The van der Waals surface area contributed by atoms with Crippen LogP contribution in [0.3, 0.4) is 0 Å². The van der Waals surface area contributed by atoms with Gasteiger partial charge >= 0.3 is 5.97 Å². The van der Waals surface area contributed by atoms with Gasteiger partial charge in [0.25, 0.3) is 0 Å². The molecule has 0 saturated carbocycles. The number of halogens is 2. The van der Waals surface area contributed by atoms with Gasteiger partial charge in [-0.3, -0.25) is 4.79 Å². The van der Waals surface area contributed by atoms with Gasteiger partial charge in [0, 0.05) is 11.6 Å². The number of carboxylic acids is 1. The summed E-state index contributed by atoms with van der Waals surface area (Å²) in [6.07, 6.45) is -1.21. The van der Waals surface area contributed by atoms with E-state index in [0.29, 0.717) is 0 Å². The summed E-state index contributed by atoms with van der Waals surface area (Å²) in [5.74, 6) is -2.46. The van der Waals surface area contributed by atoms with Crippen molar-refractivity contribution in [1.82, 2.24) is 0 Å². The van der Waals surface area contributed by atoms with Crippen molar-refractivity contribution in [3.8, 4) is 0 Å². The third-order valence-electron chi connectivity index (χ3n) is 3.01. The summed E-state index contributed by atoms with van der Waals surface area (Å²) in [5, 5.41) is 18.8. The normalized spacial score (nSPS) is 13.4. The molecule has 0 heterocycles. The van der Waals surface area contributed by atoms with E-state index in [9.17, 15) is 18.7 Å². The van der Waals surface area contributed by atoms with E-state index in [-0.39, 0.29) is 24.0 Å². The number of aliphatic hydroxyl groups is 1. The highest BCUT2D eigenvalue weighted by molar-refractivity contribution is 5.67. The highest BCUT2D eigenvalue weighted by Gasteiger charge is 2.27. The molecule has 0 aliphatic rings. The molecule has 0 saturated heterocycles. The zero-order chi connectivity index (χ0) is 14.8. The second-order valence-electron chi connectivity index (χ2n) is 5.58. The molecule has 1 rings (SSSR count). The lowest BCUT2D eigenvalue weighted by molar-refractivity contribution is -0.139. The fraction of sp³-hybridized carbons (Fsp3) is 0.500. The number of rotatable bonds is 5. The van der Waals surface area contributed by atoms with Gasteiger partial charge in [-0.15, -0.1) is 0 Å². The Bertz CT molecular complexity index is 484. The van der Waals surface area contributed by atoms with Gasteiger partial charge in [-0.1, -0.05) is 13.8 Å². The predicted molar refractivity (Wildman–Crippen MR) is 66.7 cm³/mol. The first-order chi connectivity index (χ1) is 8.62. The lowest BCUT2D eigenvalue weighted by atomic mass is 9.81. The largest absolute Gasteiger partial charge is 0.481 e. The molecule has 0 fully saturated rings. The topological polar surface area (TPSA) is 57.5 Å². The number of carbonyl (C=O) groups is 1. The molecular formula is C14H18F2O3. The molecule has 0 aliphatic carbocycles. The monoisotopic (exact) mass is 272 g/mol. The molecule has 0 aromatic heterocycles. The Hall–Kier alpha value is -1.49. The number of hydrogen-bond acceptors (Lipinski definition) is 2. The minimum Gasteiger partial charge on any atom is -0.481 e. The highest BCUT2D eigenvalue weighted by atomic mass is 19.1. The fourth-order valence-corrected chi connectivity index (χ4v) is 2.05. The first kappa shape index (κ1) is 15.6. The van der Waals surface area contributed by atoms with Crippen LogP contribution in [0.5, 0.6) is 0 Å². The molecule has 2 N–H and O–H groups in total. The molecule has 0 aliphatic heterocycles. The Balaban J connectivity index is 2.92. The standard InChI is InChI=1S/C14H18F2O3/c1-8-4-9(11(16)5-10(8)15)12(17)6-14(2,3)7-13(18)19/h4-5,12,17H,6-7H2,1-3H3,(H,18,19). The summed E-state index contributed by atoms with van der Waals surface area (Å²) >= 11 is 0. The summed E-state index contributed by atoms with van der Waals surface area (Å²) in [7, 11) is 0. The average Bonchev–Trinajstić information content (AvgIpc) is 2.20. The van der Waals surface area contributed by atoms with E-state index in [1.54, 1.807) is 13.8 Å². The van der Waals surface area contributed by atoms with Gasteiger partial charge in [0.1, 0.15) is 11.6 Å². The smallest absolute Gasteiger partial charge is 0.303 e. The molecule has 0 amide bonds. The maximum Gasteiger partial charge on any atom is 0.303 e. The minimum atomic E-state index is -1.16. The van der Waals surface area contributed by atoms with Crippen LogP contribution in [0.15, 0.2) is 12.1 Å². The van der Waals surface area contributed by atoms with Gasteiger partial charge in [-0.25, -0.2) is 8.78 Å². The van der Waals surface area contributed by atoms with Gasteiger partial charge in [0.15, 0.2) is 0 Å². The van der Waals surface area contributed by atoms with E-state index < -0.39 is 29.1 Å². The lowest BCUT2D eigenvalue weighted by Crippen LogP contribution is -2.20. The second kappa shape index (κ2) is 5.65. The van der Waals surface area contributed by atoms with E-state index >= 15 is 0 Å². The zero-order valence-electron chi connectivity index (χ0n) is 11.2. The predicted octanol–water partition coefficient (Wildman–Crippen LogP) is 3.20. The van der Waals surface area contributed by atoms with Gasteiger partial charge in [-0.05, 0) is 30.4 Å². The molecule has 19 heavy (non-hydrogen) atoms. The molecule has 1 aromatic carbocycles.